The Morgan fingerprint density at radius 3 is 2.64 bits per heavy atom. The van der Waals surface area contributed by atoms with Crippen molar-refractivity contribution in [3.8, 4) is 0 Å². The van der Waals surface area contributed by atoms with Gasteiger partial charge in [-0.3, -0.25) is 4.79 Å². The molecule has 0 bridgehead atoms. The van der Waals surface area contributed by atoms with E-state index in [0.29, 0.717) is 5.92 Å². The molecule has 76 valence electrons. The van der Waals surface area contributed by atoms with Crippen LogP contribution in [0.2, 0.25) is 0 Å². The fraction of sp³-hybridized carbons (Fsp3) is 0.545. The van der Waals surface area contributed by atoms with E-state index in [4.69, 9.17) is 0 Å². The zero-order valence-electron chi connectivity index (χ0n) is 8.29. The Balaban J connectivity index is 2.11. The Hall–Kier alpha value is -0.280. The highest BCUT2D eigenvalue weighted by Gasteiger charge is 2.18. The van der Waals surface area contributed by atoms with E-state index >= 15 is 0 Å². The van der Waals surface area contributed by atoms with Crippen LogP contribution < -0.4 is 0 Å². The minimum absolute atomic E-state index is 0.200. The summed E-state index contributed by atoms with van der Waals surface area (Å²) >= 11 is 3.73. The van der Waals surface area contributed by atoms with Crippen LogP contribution in [0.25, 0.3) is 0 Å². The molecule has 0 aliphatic carbocycles. The molecule has 0 N–H and O–H groups in total. The topological polar surface area (TPSA) is 17.1 Å². The number of thiophene rings is 1. The fourth-order valence-electron chi connectivity index (χ4n) is 1.74. The van der Waals surface area contributed by atoms with Crippen LogP contribution in [-0.4, -0.2) is 17.3 Å². The molecule has 0 amide bonds. The lowest BCUT2D eigenvalue weighted by molar-refractivity contribution is 0.102. The summed E-state index contributed by atoms with van der Waals surface area (Å²) in [7, 11) is 0. The Morgan fingerprint density at radius 1 is 1.36 bits per heavy atom. The van der Waals surface area contributed by atoms with Crippen LogP contribution in [0.1, 0.15) is 40.2 Å². The van der Waals surface area contributed by atoms with Crippen molar-refractivity contribution in [1.29, 1.82) is 0 Å². The molecule has 1 aliphatic heterocycles. The Labute approximate surface area is 92.9 Å². The minimum Gasteiger partial charge on any atom is -0.294 e. The first-order valence-corrected chi connectivity index (χ1v) is 6.93. The van der Waals surface area contributed by atoms with Gasteiger partial charge in [0.1, 0.15) is 0 Å². The zero-order valence-corrected chi connectivity index (χ0v) is 9.92. The predicted molar refractivity (Wildman–Crippen MR) is 63.6 cm³/mol. The Bertz CT molecular complexity index is 324. The van der Waals surface area contributed by atoms with Crippen molar-refractivity contribution in [2.75, 3.05) is 11.5 Å². The van der Waals surface area contributed by atoms with Crippen LogP contribution in [-0.2, 0) is 0 Å². The third-order valence-electron chi connectivity index (χ3n) is 2.60. The van der Waals surface area contributed by atoms with E-state index in [9.17, 15) is 4.79 Å². The standard InChI is InChI=1S/C11H14OS2/c1-8(12)10-2-3-11(14-10)9-4-6-13-7-5-9/h2-3,9H,4-7H2,1H3. The van der Waals surface area contributed by atoms with Crippen molar-refractivity contribution in [3.63, 3.8) is 0 Å². The molecule has 2 rings (SSSR count). The summed E-state index contributed by atoms with van der Waals surface area (Å²) < 4.78 is 0. The van der Waals surface area contributed by atoms with Gasteiger partial charge in [0.15, 0.2) is 5.78 Å². The SMILES string of the molecule is CC(=O)c1ccc(C2CCSCC2)s1. The van der Waals surface area contributed by atoms with Crippen molar-refractivity contribution in [3.05, 3.63) is 21.9 Å². The van der Waals surface area contributed by atoms with E-state index in [-0.39, 0.29) is 5.78 Å². The molecule has 1 nitrogen and oxygen atoms in total. The molecule has 1 aliphatic rings. The molecular weight excluding hydrogens is 212 g/mol. The maximum atomic E-state index is 11.1. The molecule has 3 heteroatoms. The van der Waals surface area contributed by atoms with Gasteiger partial charge in [-0.15, -0.1) is 11.3 Å². The van der Waals surface area contributed by atoms with E-state index in [1.807, 2.05) is 17.8 Å². The molecule has 1 aromatic rings. The second kappa shape index (κ2) is 4.49. The predicted octanol–water partition coefficient (Wildman–Crippen LogP) is 3.56. The minimum atomic E-state index is 0.200. The molecule has 2 heterocycles. The maximum Gasteiger partial charge on any atom is 0.169 e. The number of rotatable bonds is 2. The van der Waals surface area contributed by atoms with Crippen LogP contribution >= 0.6 is 23.1 Å². The smallest absolute Gasteiger partial charge is 0.169 e. The summed E-state index contributed by atoms with van der Waals surface area (Å²) in [5, 5.41) is 0. The zero-order chi connectivity index (χ0) is 9.97. The van der Waals surface area contributed by atoms with Crippen LogP contribution in [0, 0.1) is 0 Å². The van der Waals surface area contributed by atoms with Gasteiger partial charge in [0.2, 0.25) is 0 Å². The first-order chi connectivity index (χ1) is 6.77. The second-order valence-electron chi connectivity index (χ2n) is 3.64. The van der Waals surface area contributed by atoms with Crippen LogP contribution in [0.5, 0.6) is 0 Å². The number of thioether (sulfide) groups is 1. The highest BCUT2D eigenvalue weighted by molar-refractivity contribution is 7.99. The molecule has 14 heavy (non-hydrogen) atoms. The van der Waals surface area contributed by atoms with E-state index in [0.717, 1.165) is 4.88 Å². The van der Waals surface area contributed by atoms with Crippen molar-refractivity contribution < 1.29 is 4.79 Å². The lowest BCUT2D eigenvalue weighted by atomic mass is 10.0. The molecule has 0 radical (unpaired) electrons. The first-order valence-electron chi connectivity index (χ1n) is 4.96. The summed E-state index contributed by atoms with van der Waals surface area (Å²) in [6, 6.07) is 4.12. The van der Waals surface area contributed by atoms with Gasteiger partial charge in [-0.2, -0.15) is 11.8 Å². The molecule has 0 saturated carbocycles. The summed E-state index contributed by atoms with van der Waals surface area (Å²) in [6.45, 7) is 1.65. The number of ketones is 1. The lowest BCUT2D eigenvalue weighted by Crippen LogP contribution is -2.05. The average Bonchev–Trinajstić information content (AvgIpc) is 2.68. The third-order valence-corrected chi connectivity index (χ3v) is 4.99. The number of hydrogen-bond acceptors (Lipinski definition) is 3. The lowest BCUT2D eigenvalue weighted by Gasteiger charge is -2.19. The van der Waals surface area contributed by atoms with E-state index in [1.165, 1.54) is 29.2 Å². The number of carbonyl (C=O) groups excluding carboxylic acids is 1. The van der Waals surface area contributed by atoms with Gasteiger partial charge in [-0.05, 0) is 49.3 Å². The average molecular weight is 226 g/mol. The highest BCUT2D eigenvalue weighted by atomic mass is 32.2. The molecule has 1 fully saturated rings. The van der Waals surface area contributed by atoms with Crippen LogP contribution in [0.4, 0.5) is 0 Å². The first kappa shape index (κ1) is 10.2. The molecule has 0 unspecified atom stereocenters. The summed E-state index contributed by atoms with van der Waals surface area (Å²) in [5.41, 5.74) is 0. The maximum absolute atomic E-state index is 11.1. The van der Waals surface area contributed by atoms with Crippen molar-refractivity contribution in [1.82, 2.24) is 0 Å². The molecule has 0 aromatic carbocycles. The highest BCUT2D eigenvalue weighted by Crippen LogP contribution is 2.35. The molecule has 1 saturated heterocycles. The monoisotopic (exact) mass is 226 g/mol. The Kier molecular flexibility index (Phi) is 3.29. The molecule has 1 aromatic heterocycles. The quantitative estimate of drug-likeness (QED) is 0.717. The summed E-state index contributed by atoms with van der Waals surface area (Å²) in [4.78, 5) is 13.5. The Morgan fingerprint density at radius 2 is 2.07 bits per heavy atom. The fourth-order valence-corrected chi connectivity index (χ4v) is 3.92. The summed E-state index contributed by atoms with van der Waals surface area (Å²) in [5.74, 6) is 3.47. The van der Waals surface area contributed by atoms with E-state index < -0.39 is 0 Å². The van der Waals surface area contributed by atoms with Crippen molar-refractivity contribution in [2.45, 2.75) is 25.7 Å². The van der Waals surface area contributed by atoms with Gasteiger partial charge < -0.3 is 0 Å². The van der Waals surface area contributed by atoms with Gasteiger partial charge in [-0.1, -0.05) is 0 Å². The second-order valence-corrected chi connectivity index (χ2v) is 5.98. The summed E-state index contributed by atoms with van der Waals surface area (Å²) in [6.07, 6.45) is 2.56. The molecule has 0 spiro atoms. The van der Waals surface area contributed by atoms with Gasteiger partial charge in [-0.25, -0.2) is 0 Å². The van der Waals surface area contributed by atoms with Gasteiger partial charge in [0, 0.05) is 4.88 Å². The normalized spacial score (nSPS) is 18.4. The van der Waals surface area contributed by atoms with E-state index in [1.54, 1.807) is 18.3 Å². The van der Waals surface area contributed by atoms with Crippen molar-refractivity contribution in [2.24, 2.45) is 0 Å². The van der Waals surface area contributed by atoms with Gasteiger partial charge >= 0.3 is 0 Å². The van der Waals surface area contributed by atoms with Crippen LogP contribution in [0.3, 0.4) is 0 Å². The molecular formula is C11H14OS2. The van der Waals surface area contributed by atoms with Crippen molar-refractivity contribution >= 4 is 28.9 Å². The number of Topliss-reactive ketones (excluding diaryl/α,β-unsaturated/α-hetero) is 1. The van der Waals surface area contributed by atoms with E-state index in [2.05, 4.69) is 6.07 Å². The van der Waals surface area contributed by atoms with Gasteiger partial charge in [0.05, 0.1) is 4.88 Å². The third kappa shape index (κ3) is 2.20. The number of carbonyl (C=O) groups is 1. The molecule has 0 atom stereocenters. The largest absolute Gasteiger partial charge is 0.294 e. The number of hydrogen-bond donors (Lipinski definition) is 0. The van der Waals surface area contributed by atoms with Gasteiger partial charge in [0.25, 0.3) is 0 Å². The van der Waals surface area contributed by atoms with Crippen LogP contribution in [0.15, 0.2) is 12.1 Å².